The number of rotatable bonds is 1. The van der Waals surface area contributed by atoms with E-state index in [0.29, 0.717) is 0 Å². The molecule has 0 aromatic rings. The lowest BCUT2D eigenvalue weighted by Gasteiger charge is -2.20. The standard InChI is InChI=1S/C7H15N3O2/c11-7(12)10-6-1-2-8-3-4-9-5-6/h6,8-10H,1-5H2,(H,11,12). The third-order valence-corrected chi connectivity index (χ3v) is 1.87. The Morgan fingerprint density at radius 2 is 2.08 bits per heavy atom. The van der Waals surface area contributed by atoms with Crippen LogP contribution in [0.3, 0.4) is 0 Å². The van der Waals surface area contributed by atoms with Gasteiger partial charge in [-0.2, -0.15) is 0 Å². The van der Waals surface area contributed by atoms with Gasteiger partial charge in [-0.3, -0.25) is 0 Å². The van der Waals surface area contributed by atoms with Crippen molar-refractivity contribution >= 4 is 6.09 Å². The van der Waals surface area contributed by atoms with Gasteiger partial charge in [-0.05, 0) is 13.0 Å². The molecule has 0 aromatic heterocycles. The molecule has 1 rings (SSSR count). The SMILES string of the molecule is O=C(O)NC1CCNCCNC1. The summed E-state index contributed by atoms with van der Waals surface area (Å²) in [5, 5.41) is 17.3. The van der Waals surface area contributed by atoms with E-state index in [2.05, 4.69) is 16.0 Å². The lowest BCUT2D eigenvalue weighted by Crippen LogP contribution is -2.46. The van der Waals surface area contributed by atoms with E-state index in [9.17, 15) is 4.79 Å². The van der Waals surface area contributed by atoms with Crippen molar-refractivity contribution in [1.82, 2.24) is 16.0 Å². The van der Waals surface area contributed by atoms with Crippen molar-refractivity contribution < 1.29 is 9.90 Å². The van der Waals surface area contributed by atoms with Gasteiger partial charge >= 0.3 is 6.09 Å². The van der Waals surface area contributed by atoms with E-state index >= 15 is 0 Å². The molecule has 1 saturated heterocycles. The van der Waals surface area contributed by atoms with Crippen LogP contribution in [-0.2, 0) is 0 Å². The average Bonchev–Trinajstić information content (AvgIpc) is 1.93. The minimum atomic E-state index is -0.942. The van der Waals surface area contributed by atoms with Gasteiger partial charge in [-0.25, -0.2) is 4.79 Å². The van der Waals surface area contributed by atoms with E-state index in [4.69, 9.17) is 5.11 Å². The Balaban J connectivity index is 2.24. The first-order valence-corrected chi connectivity index (χ1v) is 4.20. The zero-order chi connectivity index (χ0) is 8.81. The maximum atomic E-state index is 10.3. The fraction of sp³-hybridized carbons (Fsp3) is 0.857. The summed E-state index contributed by atoms with van der Waals surface area (Å²) in [6.07, 6.45) is -0.0957. The molecule has 1 fully saturated rings. The Kier molecular flexibility index (Phi) is 3.83. The number of amides is 1. The first-order valence-electron chi connectivity index (χ1n) is 4.20. The molecule has 1 aliphatic rings. The molecule has 0 saturated carbocycles. The van der Waals surface area contributed by atoms with Crippen LogP contribution < -0.4 is 16.0 Å². The van der Waals surface area contributed by atoms with E-state index in [-0.39, 0.29) is 6.04 Å². The molecular weight excluding hydrogens is 158 g/mol. The highest BCUT2D eigenvalue weighted by Crippen LogP contribution is 1.91. The molecule has 5 heteroatoms. The van der Waals surface area contributed by atoms with Crippen LogP contribution in [0.2, 0.25) is 0 Å². The van der Waals surface area contributed by atoms with Gasteiger partial charge in [-0.15, -0.1) is 0 Å². The number of hydrogen-bond acceptors (Lipinski definition) is 3. The average molecular weight is 173 g/mol. The van der Waals surface area contributed by atoms with Gasteiger partial charge in [0, 0.05) is 25.7 Å². The molecule has 1 unspecified atom stereocenters. The molecule has 0 aliphatic carbocycles. The van der Waals surface area contributed by atoms with Crippen molar-refractivity contribution in [2.45, 2.75) is 12.5 Å². The van der Waals surface area contributed by atoms with Crippen LogP contribution in [0, 0.1) is 0 Å². The van der Waals surface area contributed by atoms with Crippen LogP contribution in [0.25, 0.3) is 0 Å². The topological polar surface area (TPSA) is 73.4 Å². The van der Waals surface area contributed by atoms with E-state index in [0.717, 1.165) is 32.6 Å². The largest absolute Gasteiger partial charge is 0.465 e. The number of hydrogen-bond donors (Lipinski definition) is 4. The summed E-state index contributed by atoms with van der Waals surface area (Å²) >= 11 is 0. The molecular formula is C7H15N3O2. The van der Waals surface area contributed by atoms with Crippen LogP contribution in [0.15, 0.2) is 0 Å². The van der Waals surface area contributed by atoms with Crippen LogP contribution in [0.4, 0.5) is 4.79 Å². The number of carbonyl (C=O) groups is 1. The lowest BCUT2D eigenvalue weighted by molar-refractivity contribution is 0.188. The summed E-state index contributed by atoms with van der Waals surface area (Å²) in [6.45, 7) is 3.47. The monoisotopic (exact) mass is 173 g/mol. The van der Waals surface area contributed by atoms with Gasteiger partial charge in [-0.1, -0.05) is 0 Å². The first kappa shape index (κ1) is 9.28. The zero-order valence-electron chi connectivity index (χ0n) is 6.97. The molecule has 12 heavy (non-hydrogen) atoms. The second-order valence-corrected chi connectivity index (χ2v) is 2.89. The van der Waals surface area contributed by atoms with Crippen LogP contribution in [-0.4, -0.2) is 43.4 Å². The maximum Gasteiger partial charge on any atom is 0.404 e. The van der Waals surface area contributed by atoms with Gasteiger partial charge in [0.2, 0.25) is 0 Å². The first-order chi connectivity index (χ1) is 5.79. The van der Waals surface area contributed by atoms with E-state index in [1.165, 1.54) is 0 Å². The normalized spacial score (nSPS) is 25.5. The quantitative estimate of drug-likeness (QED) is 0.419. The van der Waals surface area contributed by atoms with E-state index in [1.807, 2.05) is 0 Å². The van der Waals surface area contributed by atoms with Gasteiger partial charge in [0.25, 0.3) is 0 Å². The van der Waals surface area contributed by atoms with Crippen molar-refractivity contribution in [2.24, 2.45) is 0 Å². The molecule has 0 bridgehead atoms. The molecule has 5 nitrogen and oxygen atoms in total. The Labute approximate surface area is 71.5 Å². The Morgan fingerprint density at radius 3 is 2.83 bits per heavy atom. The third-order valence-electron chi connectivity index (χ3n) is 1.87. The van der Waals surface area contributed by atoms with Crippen LogP contribution in [0.5, 0.6) is 0 Å². The van der Waals surface area contributed by atoms with Crippen LogP contribution >= 0.6 is 0 Å². The van der Waals surface area contributed by atoms with E-state index < -0.39 is 6.09 Å². The second kappa shape index (κ2) is 4.95. The van der Waals surface area contributed by atoms with Gasteiger partial charge in [0.05, 0.1) is 0 Å². The van der Waals surface area contributed by atoms with Crippen molar-refractivity contribution in [3.8, 4) is 0 Å². The molecule has 0 radical (unpaired) electrons. The second-order valence-electron chi connectivity index (χ2n) is 2.89. The smallest absolute Gasteiger partial charge is 0.404 e. The predicted molar refractivity (Wildman–Crippen MR) is 45.3 cm³/mol. The summed E-state index contributed by atoms with van der Waals surface area (Å²) in [6, 6.07) is 0.0373. The summed E-state index contributed by atoms with van der Waals surface area (Å²) in [4.78, 5) is 10.3. The Bertz CT molecular complexity index is 144. The molecule has 70 valence electrons. The van der Waals surface area contributed by atoms with Gasteiger partial charge < -0.3 is 21.1 Å². The lowest BCUT2D eigenvalue weighted by atomic mass is 10.2. The fourth-order valence-corrected chi connectivity index (χ4v) is 1.25. The highest BCUT2D eigenvalue weighted by molar-refractivity contribution is 5.64. The van der Waals surface area contributed by atoms with Crippen molar-refractivity contribution in [2.75, 3.05) is 26.2 Å². The molecule has 1 aliphatic heterocycles. The molecule has 1 heterocycles. The van der Waals surface area contributed by atoms with Crippen LogP contribution in [0.1, 0.15) is 6.42 Å². The predicted octanol–water partition coefficient (Wildman–Crippen LogP) is -0.794. The summed E-state index contributed by atoms with van der Waals surface area (Å²) < 4.78 is 0. The molecule has 0 spiro atoms. The van der Waals surface area contributed by atoms with Crippen molar-refractivity contribution in [1.29, 1.82) is 0 Å². The number of nitrogens with one attached hydrogen (secondary N) is 3. The molecule has 0 aromatic carbocycles. The zero-order valence-corrected chi connectivity index (χ0v) is 6.97. The summed E-state index contributed by atoms with van der Waals surface area (Å²) in [5.74, 6) is 0. The fourth-order valence-electron chi connectivity index (χ4n) is 1.25. The highest BCUT2D eigenvalue weighted by Gasteiger charge is 2.11. The highest BCUT2D eigenvalue weighted by atomic mass is 16.4. The maximum absolute atomic E-state index is 10.3. The third kappa shape index (κ3) is 3.54. The Morgan fingerprint density at radius 1 is 1.33 bits per heavy atom. The van der Waals surface area contributed by atoms with Crippen molar-refractivity contribution in [3.05, 3.63) is 0 Å². The van der Waals surface area contributed by atoms with Gasteiger partial charge in [0.15, 0.2) is 0 Å². The minimum absolute atomic E-state index is 0.0373. The molecule has 4 N–H and O–H groups in total. The van der Waals surface area contributed by atoms with E-state index in [1.54, 1.807) is 0 Å². The number of carboxylic acid groups (broad SMARTS) is 1. The Hall–Kier alpha value is -0.810. The summed E-state index contributed by atoms with van der Waals surface area (Å²) in [7, 11) is 0. The van der Waals surface area contributed by atoms with Crippen molar-refractivity contribution in [3.63, 3.8) is 0 Å². The summed E-state index contributed by atoms with van der Waals surface area (Å²) in [5.41, 5.74) is 0. The minimum Gasteiger partial charge on any atom is -0.465 e. The molecule has 1 atom stereocenters. The van der Waals surface area contributed by atoms with Gasteiger partial charge in [0.1, 0.15) is 0 Å². The molecule has 1 amide bonds.